The molecule has 1 heterocycles. The quantitative estimate of drug-likeness (QED) is 0.837. The van der Waals surface area contributed by atoms with Gasteiger partial charge in [0, 0.05) is 38.8 Å². The van der Waals surface area contributed by atoms with Crippen LogP contribution in [0, 0.1) is 0 Å². The maximum absolute atomic E-state index is 11.9. The second-order valence-electron chi connectivity index (χ2n) is 4.96. The van der Waals surface area contributed by atoms with Gasteiger partial charge in [0.15, 0.2) is 0 Å². The minimum absolute atomic E-state index is 0.0893. The van der Waals surface area contributed by atoms with Gasteiger partial charge in [-0.1, -0.05) is 0 Å². The summed E-state index contributed by atoms with van der Waals surface area (Å²) < 4.78 is 5.29. The van der Waals surface area contributed by atoms with E-state index in [-0.39, 0.29) is 11.3 Å². The molecule has 0 radical (unpaired) electrons. The largest absolute Gasteiger partial charge is 0.381 e. The van der Waals surface area contributed by atoms with E-state index >= 15 is 0 Å². The predicted molar refractivity (Wildman–Crippen MR) is 82.8 cm³/mol. The number of amides is 1. The molecule has 1 fully saturated rings. The Bertz CT molecular complexity index is 542. The number of morpholine rings is 1. The maximum Gasteiger partial charge on any atom is 0.221 e. The molecule has 1 saturated heterocycles. The first-order valence-electron chi connectivity index (χ1n) is 7.11. The second-order valence-corrected chi connectivity index (χ2v) is 4.96. The molecule has 0 saturated carbocycles. The van der Waals surface area contributed by atoms with Crippen LogP contribution in [0.15, 0.2) is 29.1 Å². The van der Waals surface area contributed by atoms with Gasteiger partial charge in [-0.05, 0) is 24.3 Å². The molecule has 1 amide bonds. The Morgan fingerprint density at radius 3 is 2.67 bits per heavy atom. The van der Waals surface area contributed by atoms with Crippen LogP contribution in [0.1, 0.15) is 6.92 Å². The number of rotatable bonds is 5. The fourth-order valence-electron chi connectivity index (χ4n) is 2.17. The summed E-state index contributed by atoms with van der Waals surface area (Å²) in [6.07, 6.45) is 0. The van der Waals surface area contributed by atoms with Gasteiger partial charge >= 0.3 is 0 Å². The fourth-order valence-corrected chi connectivity index (χ4v) is 2.17. The Labute approximate surface area is 124 Å². The molecule has 0 bridgehead atoms. The van der Waals surface area contributed by atoms with Crippen molar-refractivity contribution in [1.82, 2.24) is 4.90 Å². The van der Waals surface area contributed by atoms with E-state index in [1.807, 2.05) is 0 Å². The van der Waals surface area contributed by atoms with E-state index in [1.165, 1.54) is 13.0 Å². The van der Waals surface area contributed by atoms with Crippen LogP contribution in [-0.2, 0) is 9.53 Å². The summed E-state index contributed by atoms with van der Waals surface area (Å²) in [4.78, 5) is 25.2. The first-order chi connectivity index (χ1) is 10.1. The van der Waals surface area contributed by atoms with Gasteiger partial charge in [-0.2, -0.15) is 0 Å². The van der Waals surface area contributed by atoms with Crippen molar-refractivity contribution in [2.75, 3.05) is 50.0 Å². The summed E-state index contributed by atoms with van der Waals surface area (Å²) in [6, 6.07) is 6.49. The average Bonchev–Trinajstić information content (AvgIpc) is 2.63. The average molecular weight is 291 g/mol. The lowest BCUT2D eigenvalue weighted by Gasteiger charge is -2.26. The zero-order valence-electron chi connectivity index (χ0n) is 12.2. The number of hydrogen-bond acceptors (Lipinski definition) is 5. The molecule has 21 heavy (non-hydrogen) atoms. The van der Waals surface area contributed by atoms with Crippen LogP contribution in [0.25, 0.3) is 0 Å². The van der Waals surface area contributed by atoms with E-state index in [4.69, 9.17) is 4.74 Å². The molecule has 2 rings (SSSR count). The molecule has 0 aliphatic carbocycles. The van der Waals surface area contributed by atoms with Crippen LogP contribution in [0.2, 0.25) is 0 Å². The van der Waals surface area contributed by atoms with Crippen molar-refractivity contribution in [3.8, 4) is 0 Å². The summed E-state index contributed by atoms with van der Waals surface area (Å²) >= 11 is 0. The summed E-state index contributed by atoms with van der Waals surface area (Å²) in [5, 5.41) is 5.81. The molecular formula is C15H21N3O3. The smallest absolute Gasteiger partial charge is 0.221 e. The van der Waals surface area contributed by atoms with Gasteiger partial charge in [0.25, 0.3) is 0 Å². The number of nitrogens with one attached hydrogen (secondary N) is 2. The third-order valence-electron chi connectivity index (χ3n) is 3.28. The van der Waals surface area contributed by atoms with Crippen molar-refractivity contribution in [3.63, 3.8) is 0 Å². The van der Waals surface area contributed by atoms with Gasteiger partial charge < -0.3 is 15.4 Å². The van der Waals surface area contributed by atoms with Crippen LogP contribution < -0.4 is 16.1 Å². The molecule has 6 heteroatoms. The maximum atomic E-state index is 11.9. The predicted octanol–water partition coefficient (Wildman–Crippen LogP) is 0.749. The lowest BCUT2D eigenvalue weighted by atomic mass is 10.3. The van der Waals surface area contributed by atoms with E-state index in [1.54, 1.807) is 18.2 Å². The monoisotopic (exact) mass is 291 g/mol. The molecule has 2 N–H and O–H groups in total. The highest BCUT2D eigenvalue weighted by Gasteiger charge is 2.09. The Morgan fingerprint density at radius 2 is 1.95 bits per heavy atom. The van der Waals surface area contributed by atoms with Crippen LogP contribution >= 0.6 is 0 Å². The van der Waals surface area contributed by atoms with Crippen LogP contribution in [0.3, 0.4) is 0 Å². The van der Waals surface area contributed by atoms with Crippen LogP contribution in [0.4, 0.5) is 11.4 Å². The standard InChI is InChI=1S/C15H21N3O3/c1-12(19)17-13-2-4-14(15(20)5-3-13)16-6-7-18-8-10-21-11-9-18/h2-5H,6-11H2,1H3,(H,16,20)(H,17,19). The van der Waals surface area contributed by atoms with E-state index in [0.717, 1.165) is 32.8 Å². The van der Waals surface area contributed by atoms with Crippen molar-refractivity contribution in [2.45, 2.75) is 6.92 Å². The van der Waals surface area contributed by atoms with Crippen molar-refractivity contribution < 1.29 is 9.53 Å². The number of carbonyl (C=O) groups is 1. The highest BCUT2D eigenvalue weighted by Crippen LogP contribution is 2.07. The molecule has 0 atom stereocenters. The molecule has 0 spiro atoms. The van der Waals surface area contributed by atoms with Gasteiger partial charge in [0.2, 0.25) is 11.3 Å². The Kier molecular flexibility index (Phi) is 5.71. The zero-order chi connectivity index (χ0) is 15.1. The molecule has 1 aromatic rings. The van der Waals surface area contributed by atoms with Crippen molar-refractivity contribution in [3.05, 3.63) is 34.5 Å². The number of carbonyl (C=O) groups excluding carboxylic acids is 1. The summed E-state index contributed by atoms with van der Waals surface area (Å²) in [7, 11) is 0. The second kappa shape index (κ2) is 7.75. The van der Waals surface area contributed by atoms with E-state index in [0.29, 0.717) is 17.9 Å². The SMILES string of the molecule is CC(=O)Nc1ccc(NCCN2CCOCC2)c(=O)cc1. The van der Waals surface area contributed by atoms with E-state index in [2.05, 4.69) is 15.5 Å². The van der Waals surface area contributed by atoms with Crippen molar-refractivity contribution >= 4 is 17.3 Å². The highest BCUT2D eigenvalue weighted by atomic mass is 16.5. The lowest BCUT2D eigenvalue weighted by molar-refractivity contribution is -0.114. The molecule has 1 aliphatic rings. The van der Waals surface area contributed by atoms with E-state index in [9.17, 15) is 9.59 Å². The highest BCUT2D eigenvalue weighted by molar-refractivity contribution is 5.88. The molecule has 1 aromatic carbocycles. The van der Waals surface area contributed by atoms with Crippen molar-refractivity contribution in [2.24, 2.45) is 0 Å². The Balaban J connectivity index is 1.91. The van der Waals surface area contributed by atoms with Gasteiger partial charge in [-0.3, -0.25) is 14.5 Å². The molecule has 0 unspecified atom stereocenters. The minimum Gasteiger partial charge on any atom is -0.381 e. The Hall–Kier alpha value is -1.92. The molecular weight excluding hydrogens is 270 g/mol. The molecule has 1 aliphatic heterocycles. The van der Waals surface area contributed by atoms with Gasteiger partial charge in [-0.15, -0.1) is 0 Å². The number of ether oxygens (including phenoxy) is 1. The topological polar surface area (TPSA) is 70.7 Å². The number of hydrogen-bond donors (Lipinski definition) is 2. The first-order valence-corrected chi connectivity index (χ1v) is 7.11. The van der Waals surface area contributed by atoms with Gasteiger partial charge in [0.05, 0.1) is 18.9 Å². The third kappa shape index (κ3) is 5.17. The number of nitrogens with zero attached hydrogens (tertiary/aromatic N) is 1. The van der Waals surface area contributed by atoms with Crippen LogP contribution in [-0.4, -0.2) is 50.2 Å². The first kappa shape index (κ1) is 15.5. The van der Waals surface area contributed by atoms with Gasteiger partial charge in [-0.25, -0.2) is 0 Å². The Morgan fingerprint density at radius 1 is 1.24 bits per heavy atom. The molecule has 6 nitrogen and oxygen atoms in total. The fraction of sp³-hybridized carbons (Fsp3) is 0.467. The zero-order valence-corrected chi connectivity index (χ0v) is 12.2. The minimum atomic E-state index is -0.157. The van der Waals surface area contributed by atoms with Crippen LogP contribution in [0.5, 0.6) is 0 Å². The van der Waals surface area contributed by atoms with Crippen molar-refractivity contribution in [1.29, 1.82) is 0 Å². The van der Waals surface area contributed by atoms with Gasteiger partial charge in [0.1, 0.15) is 0 Å². The number of anilines is 2. The normalized spacial score (nSPS) is 15.5. The summed E-state index contributed by atoms with van der Waals surface area (Å²) in [5.74, 6) is -0.157. The molecule has 0 aromatic heterocycles. The van der Waals surface area contributed by atoms with E-state index < -0.39 is 0 Å². The third-order valence-corrected chi connectivity index (χ3v) is 3.28. The summed E-state index contributed by atoms with van der Waals surface area (Å²) in [5.41, 5.74) is 1.06. The summed E-state index contributed by atoms with van der Waals surface area (Å²) in [6.45, 7) is 6.42. The molecule has 114 valence electrons. The lowest BCUT2D eigenvalue weighted by Crippen LogP contribution is -2.39.